The second kappa shape index (κ2) is 6.29. The van der Waals surface area contributed by atoms with Crippen molar-refractivity contribution < 1.29 is 4.79 Å². The number of amides is 1. The van der Waals surface area contributed by atoms with E-state index in [1.54, 1.807) is 4.68 Å². The lowest BCUT2D eigenvalue weighted by Crippen LogP contribution is -2.45. The molecule has 1 aliphatic carbocycles. The third-order valence-corrected chi connectivity index (χ3v) is 5.62. The fraction of sp³-hybridized carbons (Fsp3) is 0.789. The van der Waals surface area contributed by atoms with Crippen LogP contribution in [0.25, 0.3) is 0 Å². The van der Waals surface area contributed by atoms with Crippen molar-refractivity contribution in [2.75, 3.05) is 6.54 Å². The normalized spacial score (nSPS) is 25.8. The van der Waals surface area contributed by atoms with Crippen LogP contribution >= 0.6 is 0 Å². The predicted octanol–water partition coefficient (Wildman–Crippen LogP) is 3.90. The van der Waals surface area contributed by atoms with E-state index in [1.807, 2.05) is 13.1 Å². The fourth-order valence-corrected chi connectivity index (χ4v) is 4.22. The molecule has 1 amide bonds. The summed E-state index contributed by atoms with van der Waals surface area (Å²) in [5.41, 5.74) is 1.72. The second-order valence-corrected chi connectivity index (χ2v) is 8.39. The summed E-state index contributed by atoms with van der Waals surface area (Å²) in [6.45, 7) is 7.35. The van der Waals surface area contributed by atoms with E-state index in [1.165, 1.54) is 38.5 Å². The van der Waals surface area contributed by atoms with Gasteiger partial charge in [-0.15, -0.1) is 0 Å². The van der Waals surface area contributed by atoms with Crippen molar-refractivity contribution in [2.24, 2.45) is 13.0 Å². The van der Waals surface area contributed by atoms with Crippen molar-refractivity contribution in [1.29, 1.82) is 0 Å². The summed E-state index contributed by atoms with van der Waals surface area (Å²) in [6, 6.07) is 2.46. The summed E-state index contributed by atoms with van der Waals surface area (Å²) in [6.07, 6.45) is 8.79. The molecule has 0 bridgehead atoms. The molecule has 0 aromatic carbocycles. The van der Waals surface area contributed by atoms with Crippen LogP contribution in [0.3, 0.4) is 0 Å². The number of hydrogen-bond acceptors (Lipinski definition) is 2. The molecule has 1 aromatic rings. The SMILES string of the molecule is Cn1nc(C(C)(C)C)cc1C(=O)N1CCCC[C@@H]2CCCC[C@@H]21. The Bertz CT molecular complexity index is 570. The molecule has 0 N–H and O–H groups in total. The van der Waals surface area contributed by atoms with Gasteiger partial charge in [-0.05, 0) is 37.7 Å². The van der Waals surface area contributed by atoms with E-state index >= 15 is 0 Å². The van der Waals surface area contributed by atoms with Gasteiger partial charge in [0.05, 0.1) is 5.69 Å². The maximum atomic E-state index is 13.2. The number of nitrogens with zero attached hydrogens (tertiary/aromatic N) is 3. The molecule has 128 valence electrons. The number of rotatable bonds is 1. The molecule has 4 heteroatoms. The first-order valence-electron chi connectivity index (χ1n) is 9.23. The van der Waals surface area contributed by atoms with E-state index < -0.39 is 0 Å². The van der Waals surface area contributed by atoms with Gasteiger partial charge in [-0.2, -0.15) is 5.10 Å². The Morgan fingerprint density at radius 2 is 1.78 bits per heavy atom. The third-order valence-electron chi connectivity index (χ3n) is 5.62. The molecular formula is C19H31N3O. The Balaban J connectivity index is 1.87. The Labute approximate surface area is 140 Å². The molecule has 1 aromatic heterocycles. The van der Waals surface area contributed by atoms with Crippen LogP contribution in [-0.4, -0.2) is 33.2 Å². The van der Waals surface area contributed by atoms with Gasteiger partial charge in [0.2, 0.25) is 0 Å². The number of carbonyl (C=O) groups is 1. The molecule has 0 radical (unpaired) electrons. The number of hydrogen-bond donors (Lipinski definition) is 0. The smallest absolute Gasteiger partial charge is 0.272 e. The summed E-state index contributed by atoms with van der Waals surface area (Å²) < 4.78 is 1.78. The molecule has 1 saturated heterocycles. The van der Waals surface area contributed by atoms with Gasteiger partial charge in [-0.25, -0.2) is 0 Å². The fourth-order valence-electron chi connectivity index (χ4n) is 4.22. The lowest BCUT2D eigenvalue weighted by Gasteiger charge is -2.38. The minimum Gasteiger partial charge on any atom is -0.334 e. The zero-order valence-electron chi connectivity index (χ0n) is 15.1. The van der Waals surface area contributed by atoms with Gasteiger partial charge in [-0.3, -0.25) is 9.48 Å². The van der Waals surface area contributed by atoms with E-state index in [-0.39, 0.29) is 11.3 Å². The van der Waals surface area contributed by atoms with E-state index in [9.17, 15) is 4.79 Å². The molecule has 0 spiro atoms. The molecule has 1 aliphatic heterocycles. The van der Waals surface area contributed by atoms with Crippen LogP contribution in [0.2, 0.25) is 0 Å². The average Bonchev–Trinajstić information content (AvgIpc) is 2.77. The van der Waals surface area contributed by atoms with E-state index in [0.717, 1.165) is 24.4 Å². The van der Waals surface area contributed by atoms with Crippen molar-refractivity contribution in [3.63, 3.8) is 0 Å². The Hall–Kier alpha value is -1.32. The highest BCUT2D eigenvalue weighted by Crippen LogP contribution is 2.35. The van der Waals surface area contributed by atoms with Gasteiger partial charge in [0, 0.05) is 25.0 Å². The number of fused-ring (bicyclic) bond motifs is 1. The second-order valence-electron chi connectivity index (χ2n) is 8.39. The molecular weight excluding hydrogens is 286 g/mol. The topological polar surface area (TPSA) is 38.1 Å². The minimum atomic E-state index is -0.0253. The minimum absolute atomic E-state index is 0.0253. The molecule has 0 unspecified atom stereocenters. The van der Waals surface area contributed by atoms with Crippen molar-refractivity contribution >= 4 is 5.91 Å². The summed E-state index contributed by atoms with van der Waals surface area (Å²) >= 11 is 0. The lowest BCUT2D eigenvalue weighted by molar-refractivity contribution is 0.0558. The highest BCUT2D eigenvalue weighted by Gasteiger charge is 2.36. The molecule has 4 nitrogen and oxygen atoms in total. The van der Waals surface area contributed by atoms with E-state index in [0.29, 0.717) is 12.0 Å². The van der Waals surface area contributed by atoms with Gasteiger partial charge in [0.15, 0.2) is 0 Å². The van der Waals surface area contributed by atoms with Crippen molar-refractivity contribution in [3.05, 3.63) is 17.5 Å². The molecule has 2 aliphatic rings. The number of carbonyl (C=O) groups excluding carboxylic acids is 1. The zero-order chi connectivity index (χ0) is 16.6. The van der Waals surface area contributed by atoms with Crippen LogP contribution in [0.4, 0.5) is 0 Å². The summed E-state index contributed by atoms with van der Waals surface area (Å²) in [4.78, 5) is 15.4. The van der Waals surface area contributed by atoms with Crippen LogP contribution in [0.1, 0.15) is 81.9 Å². The van der Waals surface area contributed by atoms with E-state index in [2.05, 4.69) is 30.8 Å². The molecule has 23 heavy (non-hydrogen) atoms. The first kappa shape index (κ1) is 16.5. The van der Waals surface area contributed by atoms with Crippen molar-refractivity contribution in [1.82, 2.24) is 14.7 Å². The maximum absolute atomic E-state index is 13.2. The summed E-state index contributed by atoms with van der Waals surface area (Å²) in [5.74, 6) is 0.903. The lowest BCUT2D eigenvalue weighted by atomic mass is 9.81. The van der Waals surface area contributed by atoms with Gasteiger partial charge in [-0.1, -0.05) is 40.0 Å². The zero-order valence-corrected chi connectivity index (χ0v) is 15.1. The van der Waals surface area contributed by atoms with Crippen LogP contribution in [-0.2, 0) is 12.5 Å². The summed E-state index contributed by atoms with van der Waals surface area (Å²) in [7, 11) is 1.90. The first-order valence-corrected chi connectivity index (χ1v) is 9.23. The Kier molecular flexibility index (Phi) is 4.52. The molecule has 2 heterocycles. The van der Waals surface area contributed by atoms with Crippen LogP contribution < -0.4 is 0 Å². The molecule has 3 rings (SSSR count). The number of likely N-dealkylation sites (tertiary alicyclic amines) is 1. The highest BCUT2D eigenvalue weighted by molar-refractivity contribution is 5.93. The van der Waals surface area contributed by atoms with Gasteiger partial charge in [0.1, 0.15) is 5.69 Å². The first-order chi connectivity index (χ1) is 10.9. The van der Waals surface area contributed by atoms with Crippen LogP contribution in [0.15, 0.2) is 6.07 Å². The molecule has 2 atom stereocenters. The Morgan fingerprint density at radius 3 is 2.43 bits per heavy atom. The molecule has 1 saturated carbocycles. The van der Waals surface area contributed by atoms with Gasteiger partial charge < -0.3 is 4.90 Å². The number of aromatic nitrogens is 2. The highest BCUT2D eigenvalue weighted by atomic mass is 16.2. The van der Waals surface area contributed by atoms with E-state index in [4.69, 9.17) is 0 Å². The van der Waals surface area contributed by atoms with Crippen molar-refractivity contribution in [3.8, 4) is 0 Å². The maximum Gasteiger partial charge on any atom is 0.272 e. The van der Waals surface area contributed by atoms with Gasteiger partial charge in [0.25, 0.3) is 5.91 Å². The largest absolute Gasteiger partial charge is 0.334 e. The van der Waals surface area contributed by atoms with Crippen molar-refractivity contribution in [2.45, 2.75) is 77.2 Å². The third kappa shape index (κ3) is 3.31. The van der Waals surface area contributed by atoms with Crippen LogP contribution in [0, 0.1) is 5.92 Å². The van der Waals surface area contributed by atoms with Crippen LogP contribution in [0.5, 0.6) is 0 Å². The standard InChI is InChI=1S/C19H31N3O/c1-19(2,3)17-13-16(21(4)20-17)18(23)22-12-8-7-10-14-9-5-6-11-15(14)22/h13-15H,5-12H2,1-4H3/t14-,15-/m0/s1. The average molecular weight is 317 g/mol. The summed E-state index contributed by atoms with van der Waals surface area (Å²) in [5, 5.41) is 4.59. The predicted molar refractivity (Wildman–Crippen MR) is 92.5 cm³/mol. The van der Waals surface area contributed by atoms with Gasteiger partial charge >= 0.3 is 0 Å². The Morgan fingerprint density at radius 1 is 1.13 bits per heavy atom. The monoisotopic (exact) mass is 317 g/mol. The number of aryl methyl sites for hydroxylation is 1. The molecule has 2 fully saturated rings. The quantitative estimate of drug-likeness (QED) is 0.788.